The number of halogens is 3. The van der Waals surface area contributed by atoms with Crippen LogP contribution < -0.4 is 10.3 Å². The molecule has 0 amide bonds. The number of hydrogen-bond acceptors (Lipinski definition) is 4. The number of aromatic nitrogens is 2. The maximum Gasteiger partial charge on any atom is 0.416 e. The number of aromatic amines is 1. The van der Waals surface area contributed by atoms with E-state index in [-0.39, 0.29) is 29.4 Å². The number of carbonyl (C=O) groups excluding carboxylic acids is 1. The lowest BCUT2D eigenvalue weighted by Crippen LogP contribution is -2.17. The zero-order chi connectivity index (χ0) is 22.9. The molecule has 1 aliphatic rings. The zero-order valence-electron chi connectivity index (χ0n) is 17.3. The third-order valence-electron chi connectivity index (χ3n) is 5.56. The number of ketones is 1. The predicted octanol–water partition coefficient (Wildman–Crippen LogP) is 5.08. The maximum atomic E-state index is 13.1. The minimum Gasteiger partial charge on any atom is -0.497 e. The van der Waals surface area contributed by atoms with E-state index in [4.69, 9.17) is 4.74 Å². The van der Waals surface area contributed by atoms with Crippen LogP contribution in [0.3, 0.4) is 0 Å². The molecular weight excluding hydrogens is 421 g/mol. The summed E-state index contributed by atoms with van der Waals surface area (Å²) >= 11 is 0. The fourth-order valence-corrected chi connectivity index (χ4v) is 3.63. The summed E-state index contributed by atoms with van der Waals surface area (Å²) in [6.07, 6.45) is -2.66. The lowest BCUT2D eigenvalue weighted by atomic mass is 9.86. The van der Waals surface area contributed by atoms with E-state index in [9.17, 15) is 22.8 Å². The summed E-state index contributed by atoms with van der Waals surface area (Å²) in [5.74, 6) is 0.440. The first-order valence-electron chi connectivity index (χ1n) is 10.2. The topological polar surface area (TPSA) is 72.1 Å². The Morgan fingerprint density at radius 1 is 1.09 bits per heavy atom. The van der Waals surface area contributed by atoms with Crippen LogP contribution in [0.1, 0.15) is 64.1 Å². The summed E-state index contributed by atoms with van der Waals surface area (Å²) in [6.45, 7) is 0. The summed E-state index contributed by atoms with van der Waals surface area (Å²) in [5.41, 5.74) is 0.225. The van der Waals surface area contributed by atoms with Crippen molar-refractivity contribution in [2.45, 2.75) is 37.3 Å². The molecule has 1 atom stereocenters. The summed E-state index contributed by atoms with van der Waals surface area (Å²) in [5, 5.41) is 0. The quantitative estimate of drug-likeness (QED) is 0.518. The number of alkyl halides is 3. The van der Waals surface area contributed by atoms with E-state index in [1.54, 1.807) is 24.3 Å². The molecule has 1 fully saturated rings. The number of Topliss-reactive ketones (excluding diaryl/α,β-unsaturated/α-hetero) is 1. The summed E-state index contributed by atoms with van der Waals surface area (Å²) in [6, 6.07) is 13.0. The lowest BCUT2D eigenvalue weighted by Gasteiger charge is -2.19. The Labute approximate surface area is 182 Å². The largest absolute Gasteiger partial charge is 0.497 e. The summed E-state index contributed by atoms with van der Waals surface area (Å²) in [4.78, 5) is 32.1. The number of ether oxygens (including phenoxy) is 1. The second kappa shape index (κ2) is 8.61. The van der Waals surface area contributed by atoms with Crippen LogP contribution in [0.2, 0.25) is 0 Å². The molecule has 1 saturated carbocycles. The van der Waals surface area contributed by atoms with Gasteiger partial charge in [-0.05, 0) is 48.2 Å². The third kappa shape index (κ3) is 4.90. The molecule has 1 N–H and O–H groups in total. The Balaban J connectivity index is 1.67. The molecule has 0 aliphatic heterocycles. The molecule has 166 valence electrons. The van der Waals surface area contributed by atoms with Crippen LogP contribution in [-0.4, -0.2) is 22.9 Å². The van der Waals surface area contributed by atoms with Crippen LogP contribution in [0.15, 0.2) is 59.4 Å². The Kier molecular flexibility index (Phi) is 5.86. The van der Waals surface area contributed by atoms with Crippen molar-refractivity contribution in [3.63, 3.8) is 0 Å². The van der Waals surface area contributed by atoms with Gasteiger partial charge in [0, 0.05) is 24.3 Å². The van der Waals surface area contributed by atoms with Gasteiger partial charge in [0.05, 0.1) is 12.7 Å². The van der Waals surface area contributed by atoms with Crippen molar-refractivity contribution in [2.75, 3.05) is 7.11 Å². The molecule has 5 nitrogen and oxygen atoms in total. The van der Waals surface area contributed by atoms with Crippen LogP contribution in [0.5, 0.6) is 5.75 Å². The number of methoxy groups -OCH3 is 1. The van der Waals surface area contributed by atoms with E-state index < -0.39 is 17.7 Å². The van der Waals surface area contributed by atoms with Crippen molar-refractivity contribution in [1.82, 2.24) is 9.97 Å². The molecule has 1 aliphatic carbocycles. The van der Waals surface area contributed by atoms with Gasteiger partial charge < -0.3 is 9.72 Å². The van der Waals surface area contributed by atoms with Crippen LogP contribution in [-0.2, 0) is 6.18 Å². The molecule has 8 heteroatoms. The van der Waals surface area contributed by atoms with Crippen molar-refractivity contribution >= 4 is 5.78 Å². The van der Waals surface area contributed by atoms with E-state index in [1.165, 1.54) is 25.3 Å². The number of nitrogens with one attached hydrogen (secondary N) is 1. The molecule has 1 unspecified atom stereocenters. The van der Waals surface area contributed by atoms with Gasteiger partial charge in [-0.2, -0.15) is 13.2 Å². The molecular formula is C24H21F3N2O3. The lowest BCUT2D eigenvalue weighted by molar-refractivity contribution is -0.137. The van der Waals surface area contributed by atoms with Gasteiger partial charge in [-0.15, -0.1) is 0 Å². The Hall–Kier alpha value is -3.42. The Bertz CT molecular complexity index is 1160. The standard InChI is InChI=1S/C24H21F3N2O3/c1-32-18-10-6-15(7-11-18)19(14-4-8-17(9-5-14)24(25,26)27)12-21(30)20-13-22(31)29-23(28-20)16-2-3-16/h4-11,13,16,19H,2-3,12H2,1H3,(H,28,29,31). The van der Waals surface area contributed by atoms with Crippen molar-refractivity contribution in [2.24, 2.45) is 0 Å². The van der Waals surface area contributed by atoms with Crippen LogP contribution in [0.25, 0.3) is 0 Å². The van der Waals surface area contributed by atoms with Crippen molar-refractivity contribution in [1.29, 1.82) is 0 Å². The van der Waals surface area contributed by atoms with Gasteiger partial charge in [0.15, 0.2) is 5.78 Å². The fraction of sp³-hybridized carbons (Fsp3) is 0.292. The monoisotopic (exact) mass is 442 g/mol. The van der Waals surface area contributed by atoms with E-state index in [0.29, 0.717) is 17.1 Å². The first kappa shape index (κ1) is 21.8. The molecule has 32 heavy (non-hydrogen) atoms. The minimum atomic E-state index is -4.45. The first-order valence-corrected chi connectivity index (χ1v) is 10.2. The van der Waals surface area contributed by atoms with Gasteiger partial charge >= 0.3 is 6.18 Å². The normalized spacial score (nSPS) is 14.8. The molecule has 0 radical (unpaired) electrons. The van der Waals surface area contributed by atoms with E-state index >= 15 is 0 Å². The third-order valence-corrected chi connectivity index (χ3v) is 5.56. The molecule has 2 aromatic carbocycles. The van der Waals surface area contributed by atoms with Gasteiger partial charge in [-0.25, -0.2) is 4.98 Å². The number of nitrogens with zero attached hydrogens (tertiary/aromatic N) is 1. The number of H-pyrrole nitrogens is 1. The minimum absolute atomic E-state index is 0.0434. The highest BCUT2D eigenvalue weighted by Crippen LogP contribution is 2.38. The van der Waals surface area contributed by atoms with E-state index in [0.717, 1.165) is 30.5 Å². The second-order valence-electron chi connectivity index (χ2n) is 7.86. The second-order valence-corrected chi connectivity index (χ2v) is 7.86. The highest BCUT2D eigenvalue weighted by molar-refractivity contribution is 5.95. The SMILES string of the molecule is COc1ccc(C(CC(=O)c2cc(=O)[nH]c(C3CC3)n2)c2ccc(C(F)(F)F)cc2)cc1. The number of rotatable bonds is 7. The van der Waals surface area contributed by atoms with Gasteiger partial charge in [0.2, 0.25) is 0 Å². The van der Waals surface area contributed by atoms with Gasteiger partial charge in [-0.1, -0.05) is 24.3 Å². The highest BCUT2D eigenvalue weighted by atomic mass is 19.4. The molecule has 1 aromatic heterocycles. The van der Waals surface area contributed by atoms with Crippen LogP contribution in [0, 0.1) is 0 Å². The predicted molar refractivity (Wildman–Crippen MR) is 112 cm³/mol. The summed E-state index contributed by atoms with van der Waals surface area (Å²) < 4.78 is 44.2. The Morgan fingerprint density at radius 3 is 2.22 bits per heavy atom. The van der Waals surface area contributed by atoms with Crippen LogP contribution in [0.4, 0.5) is 13.2 Å². The van der Waals surface area contributed by atoms with Gasteiger partial charge in [-0.3, -0.25) is 9.59 Å². The summed E-state index contributed by atoms with van der Waals surface area (Å²) in [7, 11) is 1.53. The number of carbonyl (C=O) groups is 1. The number of benzene rings is 2. The highest BCUT2D eigenvalue weighted by Gasteiger charge is 2.31. The molecule has 0 saturated heterocycles. The average molecular weight is 442 g/mol. The van der Waals surface area contributed by atoms with Crippen molar-refractivity contribution < 1.29 is 22.7 Å². The van der Waals surface area contributed by atoms with E-state index in [2.05, 4.69) is 9.97 Å². The molecule has 4 rings (SSSR count). The number of hydrogen-bond donors (Lipinski definition) is 1. The van der Waals surface area contributed by atoms with Gasteiger partial charge in [0.1, 0.15) is 17.3 Å². The molecule has 0 spiro atoms. The van der Waals surface area contributed by atoms with Gasteiger partial charge in [0.25, 0.3) is 5.56 Å². The maximum absolute atomic E-state index is 13.1. The molecule has 0 bridgehead atoms. The first-order chi connectivity index (χ1) is 15.2. The molecule has 1 heterocycles. The van der Waals surface area contributed by atoms with E-state index in [1.807, 2.05) is 0 Å². The fourth-order valence-electron chi connectivity index (χ4n) is 3.63. The van der Waals surface area contributed by atoms with Crippen molar-refractivity contribution in [3.05, 3.63) is 93.2 Å². The average Bonchev–Trinajstić information content (AvgIpc) is 3.62. The smallest absolute Gasteiger partial charge is 0.416 e. The van der Waals surface area contributed by atoms with Crippen molar-refractivity contribution in [3.8, 4) is 5.75 Å². The Morgan fingerprint density at radius 2 is 1.69 bits per heavy atom. The zero-order valence-corrected chi connectivity index (χ0v) is 17.3. The molecule has 3 aromatic rings. The van der Waals surface area contributed by atoms with Crippen LogP contribution >= 0.6 is 0 Å².